The predicted octanol–water partition coefficient (Wildman–Crippen LogP) is 0.0988. The molecule has 6 heteroatoms. The molecule has 1 atom stereocenters. The average molecular weight is 311 g/mol. The summed E-state index contributed by atoms with van der Waals surface area (Å²) in [7, 11) is 0. The first-order valence-electron chi connectivity index (χ1n) is 6.56. The highest BCUT2D eigenvalue weighted by atomic mass is 35.5. The van der Waals surface area contributed by atoms with Crippen molar-refractivity contribution in [3.05, 3.63) is 41.3 Å². The van der Waals surface area contributed by atoms with Crippen LogP contribution in [0.3, 0.4) is 0 Å². The molecule has 4 nitrogen and oxygen atoms in total. The van der Waals surface area contributed by atoms with E-state index in [9.17, 15) is 0 Å². The van der Waals surface area contributed by atoms with Gasteiger partial charge in [-0.2, -0.15) is 0 Å². The van der Waals surface area contributed by atoms with E-state index < -0.39 is 0 Å². The van der Waals surface area contributed by atoms with E-state index in [4.69, 9.17) is 4.42 Å². The fourth-order valence-corrected chi connectivity index (χ4v) is 2.87. The van der Waals surface area contributed by atoms with Gasteiger partial charge in [0.25, 0.3) is 5.22 Å². The summed E-state index contributed by atoms with van der Waals surface area (Å²) in [5.74, 6) is 1.59. The highest BCUT2D eigenvalue weighted by Gasteiger charge is 2.22. The van der Waals surface area contributed by atoms with Gasteiger partial charge in [-0.25, -0.2) is 0 Å². The van der Waals surface area contributed by atoms with Crippen LogP contribution in [-0.2, 0) is 5.75 Å². The molecule has 1 fully saturated rings. The number of rotatable bonds is 4. The minimum absolute atomic E-state index is 0. The van der Waals surface area contributed by atoms with Crippen LogP contribution in [0.1, 0.15) is 35.9 Å². The van der Waals surface area contributed by atoms with Crippen molar-refractivity contribution in [1.82, 2.24) is 15.5 Å². The van der Waals surface area contributed by atoms with Crippen LogP contribution in [0.5, 0.6) is 0 Å². The molecule has 0 spiro atoms. The second kappa shape index (κ2) is 7.11. The number of hydrogen-bond donors (Lipinski definition) is 1. The van der Waals surface area contributed by atoms with Crippen LogP contribution < -0.4 is 17.7 Å². The highest BCUT2D eigenvalue weighted by Crippen LogP contribution is 2.26. The first kappa shape index (κ1) is 15.4. The van der Waals surface area contributed by atoms with E-state index in [-0.39, 0.29) is 18.4 Å². The maximum atomic E-state index is 5.69. The number of thioether (sulfide) groups is 1. The molecule has 1 aromatic heterocycles. The van der Waals surface area contributed by atoms with Crippen LogP contribution in [0.4, 0.5) is 0 Å². The molecule has 0 amide bonds. The minimum atomic E-state index is 0. The lowest BCUT2D eigenvalue weighted by Crippen LogP contribution is -3.00. The average Bonchev–Trinajstić information content (AvgIpc) is 3.09. The SMILES string of the molecule is Cc1ccc(CSc2nnc([C@@H]3CCCN3)o2)cc1.[Cl-]. The van der Waals surface area contributed by atoms with Crippen LogP contribution >= 0.6 is 11.8 Å². The number of nitrogens with one attached hydrogen (secondary N) is 1. The second-order valence-corrected chi connectivity index (χ2v) is 5.76. The van der Waals surface area contributed by atoms with Gasteiger partial charge >= 0.3 is 0 Å². The van der Waals surface area contributed by atoms with Crippen molar-refractivity contribution in [1.29, 1.82) is 0 Å². The summed E-state index contributed by atoms with van der Waals surface area (Å²) in [6, 6.07) is 8.77. The van der Waals surface area contributed by atoms with Crippen molar-refractivity contribution < 1.29 is 16.8 Å². The molecule has 0 aliphatic carbocycles. The Labute approximate surface area is 129 Å². The Morgan fingerprint density at radius 1 is 1.30 bits per heavy atom. The van der Waals surface area contributed by atoms with Gasteiger partial charge in [0.2, 0.25) is 5.89 Å². The van der Waals surface area contributed by atoms with Crippen molar-refractivity contribution in [2.24, 2.45) is 0 Å². The maximum absolute atomic E-state index is 5.69. The number of benzene rings is 1. The minimum Gasteiger partial charge on any atom is -1.00 e. The molecular weight excluding hydrogens is 294 g/mol. The summed E-state index contributed by atoms with van der Waals surface area (Å²) in [6.45, 7) is 3.13. The Hall–Kier alpha value is -1.04. The van der Waals surface area contributed by atoms with Crippen molar-refractivity contribution >= 4 is 11.8 Å². The molecule has 108 valence electrons. The van der Waals surface area contributed by atoms with Gasteiger partial charge in [0.15, 0.2) is 0 Å². The van der Waals surface area contributed by atoms with E-state index in [0.717, 1.165) is 24.6 Å². The lowest BCUT2D eigenvalue weighted by molar-refractivity contribution is -0.00000459. The second-order valence-electron chi connectivity index (χ2n) is 4.83. The van der Waals surface area contributed by atoms with E-state index in [1.165, 1.54) is 17.5 Å². The smallest absolute Gasteiger partial charge is 0.276 e. The first-order valence-corrected chi connectivity index (χ1v) is 7.55. The first-order chi connectivity index (χ1) is 9.31. The van der Waals surface area contributed by atoms with E-state index in [0.29, 0.717) is 5.22 Å². The third kappa shape index (κ3) is 3.75. The topological polar surface area (TPSA) is 51.0 Å². The molecular formula is C14H17ClN3OS-. The van der Waals surface area contributed by atoms with E-state index >= 15 is 0 Å². The standard InChI is InChI=1S/C14H17N3OS.ClH/c1-10-4-6-11(7-5-10)9-19-14-17-16-13(18-14)12-3-2-8-15-12;/h4-7,12,15H,2-3,8-9H2,1H3;1H/p-1/t12-;/m0./s1. The van der Waals surface area contributed by atoms with E-state index in [1.54, 1.807) is 11.8 Å². The number of nitrogens with zero attached hydrogens (tertiary/aromatic N) is 2. The summed E-state index contributed by atoms with van der Waals surface area (Å²) in [6.07, 6.45) is 2.27. The molecule has 2 aromatic rings. The Bertz CT molecular complexity index is 538. The molecule has 0 saturated carbocycles. The summed E-state index contributed by atoms with van der Waals surface area (Å²) >= 11 is 1.59. The molecule has 20 heavy (non-hydrogen) atoms. The Morgan fingerprint density at radius 3 is 2.80 bits per heavy atom. The summed E-state index contributed by atoms with van der Waals surface area (Å²) in [5, 5.41) is 12.2. The molecule has 1 aliphatic rings. The van der Waals surface area contributed by atoms with Gasteiger partial charge in [-0.05, 0) is 31.9 Å². The molecule has 1 aliphatic heterocycles. The monoisotopic (exact) mass is 310 g/mol. The zero-order valence-corrected chi connectivity index (χ0v) is 12.9. The summed E-state index contributed by atoms with van der Waals surface area (Å²) in [4.78, 5) is 0. The summed E-state index contributed by atoms with van der Waals surface area (Å²) < 4.78 is 5.69. The molecule has 2 heterocycles. The molecule has 1 N–H and O–H groups in total. The maximum Gasteiger partial charge on any atom is 0.276 e. The summed E-state index contributed by atoms with van der Waals surface area (Å²) in [5.41, 5.74) is 2.55. The Balaban J connectivity index is 0.00000147. The molecule has 0 radical (unpaired) electrons. The molecule has 1 saturated heterocycles. The van der Waals surface area contributed by atoms with Gasteiger partial charge < -0.3 is 22.1 Å². The molecule has 0 unspecified atom stereocenters. The lowest BCUT2D eigenvalue weighted by atomic mass is 10.2. The van der Waals surface area contributed by atoms with Gasteiger partial charge in [-0.1, -0.05) is 41.6 Å². The van der Waals surface area contributed by atoms with E-state index in [2.05, 4.69) is 46.7 Å². The predicted molar refractivity (Wildman–Crippen MR) is 75.0 cm³/mol. The highest BCUT2D eigenvalue weighted by molar-refractivity contribution is 7.98. The zero-order valence-electron chi connectivity index (χ0n) is 11.3. The van der Waals surface area contributed by atoms with Gasteiger partial charge in [-0.3, -0.25) is 0 Å². The van der Waals surface area contributed by atoms with Crippen molar-refractivity contribution in [3.63, 3.8) is 0 Å². The number of aryl methyl sites for hydroxylation is 1. The van der Waals surface area contributed by atoms with Crippen LogP contribution in [0, 0.1) is 6.92 Å². The Morgan fingerprint density at radius 2 is 2.10 bits per heavy atom. The number of aromatic nitrogens is 2. The molecule has 3 rings (SSSR count). The van der Waals surface area contributed by atoms with Gasteiger partial charge in [0, 0.05) is 5.75 Å². The third-order valence-corrected chi connectivity index (χ3v) is 4.15. The largest absolute Gasteiger partial charge is 1.00 e. The van der Waals surface area contributed by atoms with Gasteiger partial charge in [-0.15, -0.1) is 10.2 Å². The normalized spacial score (nSPS) is 17.9. The molecule has 0 bridgehead atoms. The van der Waals surface area contributed by atoms with Crippen LogP contribution in [-0.4, -0.2) is 16.7 Å². The van der Waals surface area contributed by atoms with Crippen molar-refractivity contribution in [2.45, 2.75) is 36.8 Å². The lowest BCUT2D eigenvalue weighted by Gasteiger charge is -2.02. The number of halogens is 1. The van der Waals surface area contributed by atoms with Crippen molar-refractivity contribution in [2.75, 3.05) is 6.54 Å². The fourth-order valence-electron chi connectivity index (χ4n) is 2.14. The van der Waals surface area contributed by atoms with Crippen molar-refractivity contribution in [3.8, 4) is 0 Å². The van der Waals surface area contributed by atoms with Crippen LogP contribution in [0.15, 0.2) is 33.9 Å². The quantitative estimate of drug-likeness (QED) is 0.812. The van der Waals surface area contributed by atoms with Gasteiger partial charge in [0.1, 0.15) is 0 Å². The number of hydrogen-bond acceptors (Lipinski definition) is 5. The van der Waals surface area contributed by atoms with E-state index in [1.807, 2.05) is 0 Å². The van der Waals surface area contributed by atoms with Crippen LogP contribution in [0.25, 0.3) is 0 Å². The zero-order chi connectivity index (χ0) is 13.1. The fraction of sp³-hybridized carbons (Fsp3) is 0.429. The molecule has 1 aromatic carbocycles. The Kier molecular flexibility index (Phi) is 5.46. The third-order valence-electron chi connectivity index (χ3n) is 3.26. The van der Waals surface area contributed by atoms with Gasteiger partial charge in [0.05, 0.1) is 6.04 Å². The van der Waals surface area contributed by atoms with Crippen LogP contribution in [0.2, 0.25) is 0 Å².